The Balaban J connectivity index is 0.00000264. The van der Waals surface area contributed by atoms with Crippen LogP contribution in [0.25, 0.3) is 0 Å². The lowest BCUT2D eigenvalue weighted by atomic mass is 10.1. The molecule has 126 valence electrons. The van der Waals surface area contributed by atoms with Crippen LogP contribution in [0.2, 0.25) is 0 Å². The Morgan fingerprint density at radius 3 is 2.57 bits per heavy atom. The summed E-state index contributed by atoms with van der Waals surface area (Å²) < 4.78 is 37.4. The van der Waals surface area contributed by atoms with E-state index in [1.165, 1.54) is 0 Å². The van der Waals surface area contributed by atoms with Gasteiger partial charge >= 0.3 is 6.18 Å². The number of nitrogens with zero attached hydrogens (tertiary/aromatic N) is 2. The van der Waals surface area contributed by atoms with Crippen LogP contribution in [-0.4, -0.2) is 27.9 Å². The number of alkyl halides is 3. The maximum Gasteiger partial charge on any atom is 0.408 e. The third-order valence-corrected chi connectivity index (χ3v) is 2.88. The first kappa shape index (κ1) is 19.0. The summed E-state index contributed by atoms with van der Waals surface area (Å²) in [5, 5.41) is 5.99. The van der Waals surface area contributed by atoms with Gasteiger partial charge in [0.15, 0.2) is 0 Å². The molecule has 2 rings (SSSR count). The second-order valence-corrected chi connectivity index (χ2v) is 4.83. The highest BCUT2D eigenvalue weighted by Gasteiger charge is 2.28. The predicted octanol–water partition coefficient (Wildman–Crippen LogP) is 2.38. The van der Waals surface area contributed by atoms with Gasteiger partial charge in [0.05, 0.1) is 17.9 Å². The topological polar surface area (TPSA) is 72.9 Å². The van der Waals surface area contributed by atoms with Crippen molar-refractivity contribution in [1.29, 1.82) is 0 Å². The van der Waals surface area contributed by atoms with Crippen LogP contribution in [0.4, 0.5) is 18.9 Å². The first-order valence-electron chi connectivity index (χ1n) is 6.53. The number of carbonyl (C=O) groups is 1. The average molecular weight is 349 g/mol. The molecular weight excluding hydrogens is 333 g/mol. The number of hydrogen-bond donors (Lipinski definition) is 2. The number of rotatable bonds is 5. The number of halogens is 4. The summed E-state index contributed by atoms with van der Waals surface area (Å²) in [5.41, 5.74) is 6.87. The molecule has 1 aromatic heterocycles. The fourth-order valence-corrected chi connectivity index (χ4v) is 1.89. The number of aromatic nitrogens is 2. The zero-order valence-corrected chi connectivity index (χ0v) is 12.8. The van der Waals surface area contributed by atoms with E-state index in [4.69, 9.17) is 5.73 Å². The van der Waals surface area contributed by atoms with E-state index in [0.717, 1.165) is 18.0 Å². The minimum Gasteiger partial charge on any atom is -0.322 e. The van der Waals surface area contributed by atoms with Crippen molar-refractivity contribution >= 4 is 24.0 Å². The Labute approximate surface area is 137 Å². The van der Waals surface area contributed by atoms with Gasteiger partial charge in [-0.05, 0) is 12.0 Å². The lowest BCUT2D eigenvalue weighted by Gasteiger charge is -2.11. The molecule has 0 spiro atoms. The summed E-state index contributed by atoms with van der Waals surface area (Å²) in [6.45, 7) is -1.21. The molecule has 0 aliphatic carbocycles. The van der Waals surface area contributed by atoms with Crippen molar-refractivity contribution in [3.8, 4) is 0 Å². The molecule has 23 heavy (non-hydrogen) atoms. The predicted molar refractivity (Wildman–Crippen MR) is 82.3 cm³/mol. The Hall–Kier alpha value is -2.06. The van der Waals surface area contributed by atoms with E-state index in [0.29, 0.717) is 11.1 Å². The molecule has 0 unspecified atom stereocenters. The Kier molecular flexibility index (Phi) is 6.59. The number of nitrogens with two attached hydrogens (primary N) is 1. The molecule has 0 saturated carbocycles. The maximum atomic E-state index is 12.2. The number of benzene rings is 1. The number of hydrogen-bond acceptors (Lipinski definition) is 3. The summed E-state index contributed by atoms with van der Waals surface area (Å²) in [6.07, 6.45) is -1.76. The zero-order valence-electron chi connectivity index (χ0n) is 12.0. The van der Waals surface area contributed by atoms with Crippen LogP contribution in [0.5, 0.6) is 0 Å². The first-order valence-corrected chi connectivity index (χ1v) is 6.53. The van der Waals surface area contributed by atoms with Crippen LogP contribution in [0.15, 0.2) is 42.7 Å². The normalized spacial score (nSPS) is 12.3. The van der Waals surface area contributed by atoms with Crippen LogP contribution in [0.1, 0.15) is 5.56 Å². The highest BCUT2D eigenvalue weighted by Crippen LogP contribution is 2.18. The smallest absolute Gasteiger partial charge is 0.322 e. The van der Waals surface area contributed by atoms with Crippen LogP contribution >= 0.6 is 12.4 Å². The van der Waals surface area contributed by atoms with Crippen molar-refractivity contribution in [2.75, 3.05) is 5.32 Å². The average Bonchev–Trinajstić information content (AvgIpc) is 2.84. The molecule has 3 N–H and O–H groups in total. The van der Waals surface area contributed by atoms with Crippen LogP contribution in [0, 0.1) is 0 Å². The van der Waals surface area contributed by atoms with Crippen LogP contribution < -0.4 is 11.1 Å². The van der Waals surface area contributed by atoms with Crippen LogP contribution in [0.3, 0.4) is 0 Å². The number of carbonyl (C=O) groups excluding carboxylic acids is 1. The Bertz CT molecular complexity index is 630. The molecule has 1 heterocycles. The summed E-state index contributed by atoms with van der Waals surface area (Å²) >= 11 is 0. The van der Waals surface area contributed by atoms with Crippen LogP contribution in [-0.2, 0) is 17.8 Å². The molecule has 9 heteroatoms. The standard InChI is InChI=1S/C14H15F3N4O.ClH/c15-14(16,17)9-21-8-11(7-19-21)20-13(22)12(18)6-10-4-2-1-3-5-10;/h1-5,7-8,12H,6,9,18H2,(H,20,22);1H/t12-;/m0./s1. The van der Waals surface area contributed by atoms with E-state index >= 15 is 0 Å². The summed E-state index contributed by atoms with van der Waals surface area (Å²) in [6, 6.07) is 8.41. The van der Waals surface area contributed by atoms with E-state index in [1.54, 1.807) is 0 Å². The summed E-state index contributed by atoms with van der Waals surface area (Å²) in [7, 11) is 0. The molecular formula is C14H16ClF3N4O. The lowest BCUT2D eigenvalue weighted by molar-refractivity contribution is -0.142. The van der Waals surface area contributed by atoms with Crippen molar-refractivity contribution in [1.82, 2.24) is 9.78 Å². The molecule has 2 aromatic rings. The highest BCUT2D eigenvalue weighted by molar-refractivity contribution is 5.94. The highest BCUT2D eigenvalue weighted by atomic mass is 35.5. The zero-order chi connectivity index (χ0) is 16.2. The van der Waals surface area contributed by atoms with Gasteiger partial charge in [0.25, 0.3) is 0 Å². The molecule has 0 aliphatic heterocycles. The fourth-order valence-electron chi connectivity index (χ4n) is 1.89. The van der Waals surface area contributed by atoms with Gasteiger partial charge in [-0.3, -0.25) is 9.48 Å². The third kappa shape index (κ3) is 6.29. The molecule has 5 nitrogen and oxygen atoms in total. The maximum absolute atomic E-state index is 12.2. The van der Waals surface area contributed by atoms with E-state index in [9.17, 15) is 18.0 Å². The molecule has 1 amide bonds. The first-order chi connectivity index (χ1) is 10.3. The summed E-state index contributed by atoms with van der Waals surface area (Å²) in [5.74, 6) is -0.476. The monoisotopic (exact) mass is 348 g/mol. The van der Waals surface area contributed by atoms with E-state index in [1.807, 2.05) is 30.3 Å². The van der Waals surface area contributed by atoms with Gasteiger partial charge in [0.2, 0.25) is 5.91 Å². The molecule has 0 radical (unpaired) electrons. The Morgan fingerprint density at radius 2 is 1.96 bits per heavy atom. The van der Waals surface area contributed by atoms with E-state index < -0.39 is 24.7 Å². The fraction of sp³-hybridized carbons (Fsp3) is 0.286. The second-order valence-electron chi connectivity index (χ2n) is 4.83. The molecule has 1 atom stereocenters. The van der Waals surface area contributed by atoms with Gasteiger partial charge in [-0.25, -0.2) is 0 Å². The van der Waals surface area contributed by atoms with Crippen molar-refractivity contribution in [3.05, 3.63) is 48.3 Å². The quantitative estimate of drug-likeness (QED) is 0.871. The lowest BCUT2D eigenvalue weighted by Crippen LogP contribution is -2.37. The molecule has 0 bridgehead atoms. The van der Waals surface area contributed by atoms with E-state index in [-0.39, 0.29) is 18.1 Å². The summed E-state index contributed by atoms with van der Waals surface area (Å²) in [4.78, 5) is 11.9. The number of nitrogens with one attached hydrogen (secondary N) is 1. The largest absolute Gasteiger partial charge is 0.408 e. The van der Waals surface area contributed by atoms with Gasteiger partial charge in [-0.2, -0.15) is 18.3 Å². The molecule has 0 fully saturated rings. The van der Waals surface area contributed by atoms with Crippen molar-refractivity contribution in [3.63, 3.8) is 0 Å². The van der Waals surface area contributed by atoms with Gasteiger partial charge in [0, 0.05) is 6.20 Å². The van der Waals surface area contributed by atoms with E-state index in [2.05, 4.69) is 10.4 Å². The minimum absolute atomic E-state index is 0. The minimum atomic E-state index is -4.36. The van der Waals surface area contributed by atoms with Gasteiger partial charge < -0.3 is 11.1 Å². The van der Waals surface area contributed by atoms with Crippen molar-refractivity contribution in [2.24, 2.45) is 5.73 Å². The molecule has 0 saturated heterocycles. The third-order valence-electron chi connectivity index (χ3n) is 2.88. The Morgan fingerprint density at radius 1 is 1.30 bits per heavy atom. The molecule has 0 aliphatic rings. The second kappa shape index (κ2) is 7.98. The molecule has 1 aromatic carbocycles. The SMILES string of the molecule is Cl.N[C@@H](Cc1ccccc1)C(=O)Nc1cnn(CC(F)(F)F)c1. The number of amides is 1. The van der Waals surface area contributed by atoms with Crippen molar-refractivity contribution in [2.45, 2.75) is 25.2 Å². The van der Waals surface area contributed by atoms with Gasteiger partial charge in [-0.1, -0.05) is 30.3 Å². The number of anilines is 1. The van der Waals surface area contributed by atoms with Gasteiger partial charge in [0.1, 0.15) is 6.54 Å². The van der Waals surface area contributed by atoms with Gasteiger partial charge in [-0.15, -0.1) is 12.4 Å². The van der Waals surface area contributed by atoms with Crippen molar-refractivity contribution < 1.29 is 18.0 Å².